The van der Waals surface area contributed by atoms with Crippen molar-refractivity contribution in [3.8, 4) is 0 Å². The van der Waals surface area contributed by atoms with Gasteiger partial charge in [0.2, 0.25) is 10.0 Å². The fraction of sp³-hybridized carbons (Fsp3) is 0.409. The average Bonchev–Trinajstić information content (AvgIpc) is 2.69. The molecule has 8 nitrogen and oxygen atoms in total. The molecule has 166 valence electrons. The number of likely N-dealkylation sites (tertiary alicyclic amines) is 1. The first-order valence-electron chi connectivity index (χ1n) is 10.2. The van der Waals surface area contributed by atoms with Crippen LogP contribution in [-0.4, -0.2) is 42.9 Å². The van der Waals surface area contributed by atoms with Gasteiger partial charge in [-0.2, -0.15) is 0 Å². The smallest absolute Gasteiger partial charge is 0.313 e. The van der Waals surface area contributed by atoms with Gasteiger partial charge in [-0.1, -0.05) is 19.1 Å². The van der Waals surface area contributed by atoms with E-state index in [0.29, 0.717) is 17.9 Å². The molecule has 0 unspecified atom stereocenters. The Morgan fingerprint density at radius 1 is 1.10 bits per heavy atom. The number of nitrogens with zero attached hydrogens (tertiary/aromatic N) is 2. The van der Waals surface area contributed by atoms with Gasteiger partial charge in [0.25, 0.3) is 0 Å². The van der Waals surface area contributed by atoms with Gasteiger partial charge < -0.3 is 10.2 Å². The Morgan fingerprint density at radius 2 is 1.77 bits per heavy atom. The second-order valence-corrected chi connectivity index (χ2v) is 9.98. The number of pyridine rings is 1. The third-order valence-corrected chi connectivity index (χ3v) is 6.08. The van der Waals surface area contributed by atoms with E-state index in [1.54, 1.807) is 35.2 Å². The molecule has 1 aromatic carbocycles. The van der Waals surface area contributed by atoms with Crippen molar-refractivity contribution in [1.29, 1.82) is 0 Å². The van der Waals surface area contributed by atoms with Crippen LogP contribution in [0.4, 0.5) is 11.4 Å². The van der Waals surface area contributed by atoms with Crippen LogP contribution in [0.25, 0.3) is 0 Å². The van der Waals surface area contributed by atoms with Gasteiger partial charge in [0.1, 0.15) is 0 Å². The van der Waals surface area contributed by atoms with Gasteiger partial charge >= 0.3 is 11.8 Å². The molecule has 1 fully saturated rings. The largest absolute Gasteiger partial charge is 0.327 e. The normalized spacial score (nSPS) is 19.0. The molecule has 2 heterocycles. The number of aryl methyl sites for hydroxylation is 2. The average molecular weight is 445 g/mol. The highest BCUT2D eigenvalue weighted by atomic mass is 32.2. The summed E-state index contributed by atoms with van der Waals surface area (Å²) in [6.07, 6.45) is 4.29. The van der Waals surface area contributed by atoms with E-state index < -0.39 is 21.8 Å². The first kappa shape index (κ1) is 22.7. The number of piperidine rings is 1. The molecule has 31 heavy (non-hydrogen) atoms. The third kappa shape index (κ3) is 5.81. The second kappa shape index (κ2) is 9.05. The van der Waals surface area contributed by atoms with E-state index in [2.05, 4.69) is 21.9 Å². The van der Waals surface area contributed by atoms with Crippen LogP contribution in [-0.2, 0) is 19.6 Å². The van der Waals surface area contributed by atoms with Crippen molar-refractivity contribution in [2.45, 2.75) is 39.7 Å². The van der Waals surface area contributed by atoms with Crippen molar-refractivity contribution in [3.63, 3.8) is 0 Å². The van der Waals surface area contributed by atoms with Gasteiger partial charge in [0.05, 0.1) is 24.2 Å². The molecule has 1 saturated heterocycles. The topological polar surface area (TPSA) is 108 Å². The minimum Gasteiger partial charge on any atom is -0.327 e. The third-order valence-electron chi connectivity index (χ3n) is 5.47. The lowest BCUT2D eigenvalue weighted by atomic mass is 9.89. The van der Waals surface area contributed by atoms with Gasteiger partial charge in [-0.3, -0.25) is 19.3 Å². The zero-order valence-corrected chi connectivity index (χ0v) is 19.0. The number of hydrogen-bond donors (Lipinski definition) is 2. The molecule has 0 spiro atoms. The van der Waals surface area contributed by atoms with Crippen molar-refractivity contribution in [3.05, 3.63) is 53.3 Å². The molecule has 2 N–H and O–H groups in total. The quantitative estimate of drug-likeness (QED) is 0.705. The molecule has 0 aliphatic carbocycles. The molecule has 0 radical (unpaired) electrons. The fourth-order valence-electron chi connectivity index (χ4n) is 3.74. The van der Waals surface area contributed by atoms with E-state index in [4.69, 9.17) is 0 Å². The van der Waals surface area contributed by atoms with Crippen molar-refractivity contribution in [2.24, 2.45) is 5.92 Å². The first-order valence-corrected chi connectivity index (χ1v) is 12.1. The summed E-state index contributed by atoms with van der Waals surface area (Å²) in [4.78, 5) is 31.6. The van der Waals surface area contributed by atoms with E-state index in [-0.39, 0.29) is 12.0 Å². The number of carbonyl (C=O) groups excluding carboxylic acids is 2. The highest BCUT2D eigenvalue weighted by Crippen LogP contribution is 2.34. The lowest BCUT2D eigenvalue weighted by Crippen LogP contribution is -2.46. The molecule has 1 aliphatic rings. The zero-order valence-electron chi connectivity index (χ0n) is 18.2. The van der Waals surface area contributed by atoms with Gasteiger partial charge in [-0.05, 0) is 61.9 Å². The zero-order chi connectivity index (χ0) is 22.8. The maximum absolute atomic E-state index is 13.0. The molecular formula is C22H28N4O4S. The van der Waals surface area contributed by atoms with Crippen molar-refractivity contribution in [2.75, 3.05) is 22.8 Å². The minimum absolute atomic E-state index is 0.250. The number of anilines is 2. The molecule has 2 amide bonds. The summed E-state index contributed by atoms with van der Waals surface area (Å²) in [5, 5.41) is 2.66. The van der Waals surface area contributed by atoms with E-state index in [1.807, 2.05) is 13.8 Å². The number of benzene rings is 1. The van der Waals surface area contributed by atoms with Crippen LogP contribution in [0.5, 0.6) is 0 Å². The van der Waals surface area contributed by atoms with E-state index in [0.717, 1.165) is 35.9 Å². The molecule has 0 bridgehead atoms. The maximum Gasteiger partial charge on any atom is 0.313 e. The molecule has 3 rings (SSSR count). The molecule has 0 saturated carbocycles. The molecule has 1 aliphatic heterocycles. The number of carbonyl (C=O) groups is 2. The second-order valence-electron chi connectivity index (χ2n) is 8.23. The Balaban J connectivity index is 1.78. The highest BCUT2D eigenvalue weighted by molar-refractivity contribution is 7.92. The molecule has 2 atom stereocenters. The van der Waals surface area contributed by atoms with E-state index >= 15 is 0 Å². The minimum atomic E-state index is -3.37. The summed E-state index contributed by atoms with van der Waals surface area (Å²) < 4.78 is 25.3. The number of rotatable bonds is 4. The molecular weight excluding hydrogens is 416 g/mol. The van der Waals surface area contributed by atoms with Crippen molar-refractivity contribution < 1.29 is 18.0 Å². The Kier molecular flexibility index (Phi) is 6.64. The first-order chi connectivity index (χ1) is 14.5. The number of sulfonamides is 1. The van der Waals surface area contributed by atoms with Crippen molar-refractivity contribution in [1.82, 2.24) is 9.88 Å². The predicted octanol–water partition coefficient (Wildman–Crippen LogP) is 3.01. The maximum atomic E-state index is 13.0. The number of hydrogen-bond acceptors (Lipinski definition) is 5. The fourth-order valence-corrected chi connectivity index (χ4v) is 4.30. The van der Waals surface area contributed by atoms with Crippen LogP contribution < -0.4 is 10.0 Å². The summed E-state index contributed by atoms with van der Waals surface area (Å²) >= 11 is 0. The van der Waals surface area contributed by atoms with Crippen LogP contribution in [0.3, 0.4) is 0 Å². The summed E-state index contributed by atoms with van der Waals surface area (Å²) in [5.74, 6) is -1.00. The predicted molar refractivity (Wildman–Crippen MR) is 120 cm³/mol. The van der Waals surface area contributed by atoms with Crippen LogP contribution in [0, 0.1) is 19.8 Å². The summed E-state index contributed by atoms with van der Waals surface area (Å²) in [5.41, 5.74) is 3.59. The van der Waals surface area contributed by atoms with Crippen LogP contribution in [0.15, 0.2) is 36.5 Å². The standard InChI is InChI=1S/C22H28N4O4S/c1-14-5-10-20(17-6-8-18(9-7-17)25-31(4,29)30)26(13-14)22(28)21(27)24-19-11-15(2)16(3)23-12-19/h6-9,11-12,14,20,25H,5,10,13H2,1-4H3,(H,24,27)/t14-,20+/m0/s1. The summed E-state index contributed by atoms with van der Waals surface area (Å²) in [7, 11) is -3.37. The SMILES string of the molecule is Cc1cc(NC(=O)C(=O)N2C[C@@H](C)CC[C@@H]2c2ccc(NS(C)(=O)=O)cc2)cnc1C. The van der Waals surface area contributed by atoms with Gasteiger partial charge in [-0.15, -0.1) is 0 Å². The van der Waals surface area contributed by atoms with Crippen LogP contribution in [0.2, 0.25) is 0 Å². The molecule has 2 aromatic rings. The number of amides is 2. The lowest BCUT2D eigenvalue weighted by molar-refractivity contribution is -0.146. The number of nitrogens with one attached hydrogen (secondary N) is 2. The Hall–Kier alpha value is -2.94. The molecule has 1 aromatic heterocycles. The summed E-state index contributed by atoms with van der Waals surface area (Å²) in [6, 6.07) is 8.45. The Bertz CT molecular complexity index is 1080. The Labute approximate surface area is 183 Å². The lowest BCUT2D eigenvalue weighted by Gasteiger charge is -2.38. The monoisotopic (exact) mass is 444 g/mol. The van der Waals surface area contributed by atoms with E-state index in [1.165, 1.54) is 6.20 Å². The van der Waals surface area contributed by atoms with E-state index in [9.17, 15) is 18.0 Å². The highest BCUT2D eigenvalue weighted by Gasteiger charge is 2.34. The number of aromatic nitrogens is 1. The van der Waals surface area contributed by atoms with Gasteiger partial charge in [0, 0.05) is 17.9 Å². The Morgan fingerprint density at radius 3 is 2.39 bits per heavy atom. The van der Waals surface area contributed by atoms with Gasteiger partial charge in [0.15, 0.2) is 0 Å². The summed E-state index contributed by atoms with van der Waals surface area (Å²) in [6.45, 7) is 6.30. The van der Waals surface area contributed by atoms with Crippen molar-refractivity contribution >= 4 is 33.2 Å². The van der Waals surface area contributed by atoms with Gasteiger partial charge in [-0.25, -0.2) is 8.42 Å². The molecule has 9 heteroatoms. The van der Waals surface area contributed by atoms with Crippen LogP contribution >= 0.6 is 0 Å². The van der Waals surface area contributed by atoms with Crippen LogP contribution in [0.1, 0.15) is 42.6 Å².